The average molecular weight is 251 g/mol. The zero-order chi connectivity index (χ0) is 10.7. The van der Waals surface area contributed by atoms with E-state index in [2.05, 4.69) is 5.32 Å². The Morgan fingerprint density at radius 2 is 2.00 bits per heavy atom. The number of hydrogen-bond donors (Lipinski definition) is 1. The molecule has 0 aromatic carbocycles. The van der Waals surface area contributed by atoms with Crippen LogP contribution in [0.1, 0.15) is 6.92 Å². The summed E-state index contributed by atoms with van der Waals surface area (Å²) >= 11 is 0. The fourth-order valence-electron chi connectivity index (χ4n) is 1.99. The van der Waals surface area contributed by atoms with E-state index in [1.807, 2.05) is 11.8 Å². The van der Waals surface area contributed by atoms with Gasteiger partial charge in [0.15, 0.2) is 0 Å². The first kappa shape index (κ1) is 13.7. The summed E-state index contributed by atoms with van der Waals surface area (Å²) < 4.78 is 10.7. The third kappa shape index (κ3) is 3.07. The molecule has 0 saturated carbocycles. The molecule has 2 atom stereocenters. The van der Waals surface area contributed by atoms with Gasteiger partial charge in [-0.1, -0.05) is 0 Å². The fourth-order valence-corrected chi connectivity index (χ4v) is 1.99. The molecule has 2 aliphatic heterocycles. The van der Waals surface area contributed by atoms with Gasteiger partial charge in [-0.3, -0.25) is 4.79 Å². The zero-order valence-electron chi connectivity index (χ0n) is 9.48. The molecule has 2 heterocycles. The van der Waals surface area contributed by atoms with Crippen LogP contribution in [-0.4, -0.2) is 62.4 Å². The van der Waals surface area contributed by atoms with Gasteiger partial charge in [-0.15, -0.1) is 12.4 Å². The van der Waals surface area contributed by atoms with Crippen molar-refractivity contribution in [1.82, 2.24) is 10.2 Å². The molecule has 2 fully saturated rings. The Hall–Kier alpha value is -0.360. The summed E-state index contributed by atoms with van der Waals surface area (Å²) in [5, 5.41) is 3.21. The second kappa shape index (κ2) is 6.39. The van der Waals surface area contributed by atoms with Crippen molar-refractivity contribution in [2.75, 3.05) is 39.5 Å². The van der Waals surface area contributed by atoms with Gasteiger partial charge in [-0.25, -0.2) is 0 Å². The van der Waals surface area contributed by atoms with Crippen molar-refractivity contribution in [2.45, 2.75) is 19.1 Å². The van der Waals surface area contributed by atoms with Gasteiger partial charge < -0.3 is 19.7 Å². The Bertz CT molecular complexity index is 234. The van der Waals surface area contributed by atoms with Gasteiger partial charge in [0.1, 0.15) is 6.04 Å². The molecule has 0 aliphatic carbocycles. The second-order valence-corrected chi connectivity index (χ2v) is 3.95. The molecule has 2 aliphatic rings. The van der Waals surface area contributed by atoms with Crippen LogP contribution in [0.5, 0.6) is 0 Å². The molecule has 0 radical (unpaired) electrons. The number of carbonyl (C=O) groups excluding carboxylic acids is 1. The number of hydrogen-bond acceptors (Lipinski definition) is 4. The first-order chi connectivity index (χ1) is 7.29. The number of halogens is 1. The number of nitrogens with one attached hydrogen (secondary N) is 1. The van der Waals surface area contributed by atoms with E-state index < -0.39 is 0 Å². The normalized spacial score (nSPS) is 30.7. The summed E-state index contributed by atoms with van der Waals surface area (Å²) in [7, 11) is 0. The summed E-state index contributed by atoms with van der Waals surface area (Å²) in [5.41, 5.74) is 0. The molecule has 0 spiro atoms. The molecule has 1 N–H and O–H groups in total. The lowest BCUT2D eigenvalue weighted by Crippen LogP contribution is -2.58. The van der Waals surface area contributed by atoms with Crippen molar-refractivity contribution in [3.05, 3.63) is 0 Å². The molecule has 5 nitrogen and oxygen atoms in total. The third-order valence-electron chi connectivity index (χ3n) is 2.91. The minimum atomic E-state index is -0.183. The number of amides is 1. The summed E-state index contributed by atoms with van der Waals surface area (Å²) in [6.45, 7) is 6.07. The van der Waals surface area contributed by atoms with E-state index in [-0.39, 0.29) is 30.5 Å². The van der Waals surface area contributed by atoms with Crippen molar-refractivity contribution in [1.29, 1.82) is 0 Å². The molecular weight excluding hydrogens is 232 g/mol. The number of ether oxygens (including phenoxy) is 2. The maximum absolute atomic E-state index is 12.1. The van der Waals surface area contributed by atoms with Gasteiger partial charge in [0.25, 0.3) is 0 Å². The lowest BCUT2D eigenvalue weighted by molar-refractivity contribution is -0.143. The van der Waals surface area contributed by atoms with Crippen molar-refractivity contribution in [3.63, 3.8) is 0 Å². The van der Waals surface area contributed by atoms with Gasteiger partial charge in [0.05, 0.1) is 25.9 Å². The van der Waals surface area contributed by atoms with Crippen LogP contribution in [0.3, 0.4) is 0 Å². The van der Waals surface area contributed by atoms with E-state index in [9.17, 15) is 4.79 Å². The Kier molecular flexibility index (Phi) is 5.48. The molecule has 0 unspecified atom stereocenters. The molecule has 16 heavy (non-hydrogen) atoms. The average Bonchev–Trinajstić information content (AvgIpc) is 2.30. The lowest BCUT2D eigenvalue weighted by Gasteiger charge is -2.35. The minimum Gasteiger partial charge on any atom is -0.378 e. The highest BCUT2D eigenvalue weighted by atomic mass is 35.5. The maximum atomic E-state index is 12.1. The van der Waals surface area contributed by atoms with E-state index in [4.69, 9.17) is 9.47 Å². The predicted molar refractivity (Wildman–Crippen MR) is 61.9 cm³/mol. The van der Waals surface area contributed by atoms with Crippen LogP contribution in [0.15, 0.2) is 0 Å². The summed E-state index contributed by atoms with van der Waals surface area (Å²) in [4.78, 5) is 13.9. The first-order valence-corrected chi connectivity index (χ1v) is 5.50. The van der Waals surface area contributed by atoms with Gasteiger partial charge in [-0.2, -0.15) is 0 Å². The first-order valence-electron chi connectivity index (χ1n) is 5.50. The molecule has 2 saturated heterocycles. The van der Waals surface area contributed by atoms with E-state index in [1.54, 1.807) is 0 Å². The van der Waals surface area contributed by atoms with Crippen LogP contribution < -0.4 is 5.32 Å². The molecule has 0 bridgehead atoms. The van der Waals surface area contributed by atoms with E-state index >= 15 is 0 Å². The van der Waals surface area contributed by atoms with Crippen LogP contribution in [0.2, 0.25) is 0 Å². The second-order valence-electron chi connectivity index (χ2n) is 3.95. The fraction of sp³-hybridized carbons (Fsp3) is 0.900. The smallest absolute Gasteiger partial charge is 0.242 e. The Morgan fingerprint density at radius 1 is 1.31 bits per heavy atom. The molecule has 1 amide bonds. The molecule has 0 aromatic heterocycles. The summed E-state index contributed by atoms with van der Waals surface area (Å²) in [6.07, 6.45) is -0.0332. The molecule has 94 valence electrons. The van der Waals surface area contributed by atoms with E-state index in [1.165, 1.54) is 0 Å². The molecule has 6 heteroatoms. The molecule has 0 aromatic rings. The maximum Gasteiger partial charge on any atom is 0.242 e. The standard InChI is InChI=1S/C10H18N2O3.ClH/c1-8-9(11-2-5-15-8)10(13)12-3-6-14-7-4-12;/h8-9,11H,2-7H2,1H3;1H/t8-,9+;/m1./s1. The van der Waals surface area contributed by atoms with Crippen LogP contribution in [-0.2, 0) is 14.3 Å². The van der Waals surface area contributed by atoms with Gasteiger partial charge in [0, 0.05) is 19.6 Å². The lowest BCUT2D eigenvalue weighted by atomic mass is 10.1. The largest absolute Gasteiger partial charge is 0.378 e. The summed E-state index contributed by atoms with van der Waals surface area (Å²) in [6, 6.07) is -0.183. The molecular formula is C10H19ClN2O3. The number of morpholine rings is 2. The SMILES string of the molecule is C[C@H]1OCCN[C@@H]1C(=O)N1CCOCC1.Cl. The Morgan fingerprint density at radius 3 is 2.62 bits per heavy atom. The van der Waals surface area contributed by atoms with Crippen LogP contribution in [0.4, 0.5) is 0 Å². The van der Waals surface area contributed by atoms with Crippen molar-refractivity contribution < 1.29 is 14.3 Å². The zero-order valence-corrected chi connectivity index (χ0v) is 10.3. The van der Waals surface area contributed by atoms with Crippen LogP contribution >= 0.6 is 12.4 Å². The highest BCUT2D eigenvalue weighted by Crippen LogP contribution is 2.09. The van der Waals surface area contributed by atoms with Crippen molar-refractivity contribution >= 4 is 18.3 Å². The van der Waals surface area contributed by atoms with Gasteiger partial charge >= 0.3 is 0 Å². The third-order valence-corrected chi connectivity index (χ3v) is 2.91. The van der Waals surface area contributed by atoms with Crippen LogP contribution in [0.25, 0.3) is 0 Å². The Balaban J connectivity index is 0.00000128. The van der Waals surface area contributed by atoms with Gasteiger partial charge in [-0.05, 0) is 6.92 Å². The van der Waals surface area contributed by atoms with Gasteiger partial charge in [0.2, 0.25) is 5.91 Å². The Labute approximate surface area is 102 Å². The van der Waals surface area contributed by atoms with Crippen LogP contribution in [0, 0.1) is 0 Å². The summed E-state index contributed by atoms with van der Waals surface area (Å²) in [5.74, 6) is 0.144. The number of carbonyl (C=O) groups is 1. The predicted octanol–water partition coefficient (Wildman–Crippen LogP) is -0.356. The van der Waals surface area contributed by atoms with E-state index in [0.717, 1.165) is 6.54 Å². The highest BCUT2D eigenvalue weighted by molar-refractivity contribution is 5.85. The quantitative estimate of drug-likeness (QED) is 0.691. The van der Waals surface area contributed by atoms with Crippen molar-refractivity contribution in [3.8, 4) is 0 Å². The topological polar surface area (TPSA) is 50.8 Å². The molecule has 2 rings (SSSR count). The highest BCUT2D eigenvalue weighted by Gasteiger charge is 2.32. The minimum absolute atomic E-state index is 0. The monoisotopic (exact) mass is 250 g/mol. The van der Waals surface area contributed by atoms with Crippen molar-refractivity contribution in [2.24, 2.45) is 0 Å². The number of rotatable bonds is 1. The van der Waals surface area contributed by atoms with E-state index in [0.29, 0.717) is 32.9 Å². The number of nitrogens with zero attached hydrogens (tertiary/aromatic N) is 1.